The SMILES string of the molecule is CCc1cc(=O)oc2c(C)c(O[C@H]3CCCCC3=O)ccc12. The average Bonchev–Trinajstić information content (AvgIpc) is 2.52. The summed E-state index contributed by atoms with van der Waals surface area (Å²) in [6.45, 7) is 3.88. The molecule has 3 rings (SSSR count). The van der Waals surface area contributed by atoms with Crippen LogP contribution in [0.5, 0.6) is 5.75 Å². The van der Waals surface area contributed by atoms with E-state index in [0.29, 0.717) is 17.8 Å². The van der Waals surface area contributed by atoms with Gasteiger partial charge >= 0.3 is 5.63 Å². The van der Waals surface area contributed by atoms with Gasteiger partial charge in [-0.1, -0.05) is 6.92 Å². The molecule has 1 saturated carbocycles. The van der Waals surface area contributed by atoms with Crippen LogP contribution in [0, 0.1) is 6.92 Å². The van der Waals surface area contributed by atoms with Crippen LogP contribution in [0.4, 0.5) is 0 Å². The second kappa shape index (κ2) is 5.95. The molecule has 0 radical (unpaired) electrons. The van der Waals surface area contributed by atoms with Crippen LogP contribution >= 0.6 is 0 Å². The van der Waals surface area contributed by atoms with E-state index in [1.807, 2.05) is 26.0 Å². The minimum absolute atomic E-state index is 0.162. The lowest BCUT2D eigenvalue weighted by Crippen LogP contribution is -2.30. The van der Waals surface area contributed by atoms with Gasteiger partial charge in [0.1, 0.15) is 11.3 Å². The van der Waals surface area contributed by atoms with E-state index in [0.717, 1.165) is 42.2 Å². The predicted molar refractivity (Wildman–Crippen MR) is 84.5 cm³/mol. The lowest BCUT2D eigenvalue weighted by atomic mass is 9.96. The van der Waals surface area contributed by atoms with Gasteiger partial charge in [0, 0.05) is 23.4 Å². The normalized spacial score (nSPS) is 18.6. The van der Waals surface area contributed by atoms with Gasteiger partial charge in [0.15, 0.2) is 11.9 Å². The van der Waals surface area contributed by atoms with Crippen molar-refractivity contribution in [1.29, 1.82) is 0 Å². The number of carbonyl (C=O) groups excluding carboxylic acids is 1. The van der Waals surface area contributed by atoms with Gasteiger partial charge in [-0.25, -0.2) is 4.79 Å². The highest BCUT2D eigenvalue weighted by Crippen LogP contribution is 2.30. The van der Waals surface area contributed by atoms with Crippen LogP contribution in [0.2, 0.25) is 0 Å². The van der Waals surface area contributed by atoms with E-state index in [1.165, 1.54) is 6.07 Å². The van der Waals surface area contributed by atoms with Gasteiger partial charge in [0.2, 0.25) is 0 Å². The highest BCUT2D eigenvalue weighted by molar-refractivity contribution is 5.86. The number of Topliss-reactive ketones (excluding diaryl/α,β-unsaturated/α-hetero) is 1. The summed E-state index contributed by atoms with van der Waals surface area (Å²) in [6, 6.07) is 5.32. The molecule has 0 unspecified atom stereocenters. The van der Waals surface area contributed by atoms with Crippen molar-refractivity contribution in [3.8, 4) is 5.75 Å². The molecular weight excluding hydrogens is 280 g/mol. The maximum absolute atomic E-state index is 11.9. The molecule has 0 N–H and O–H groups in total. The number of ether oxygens (including phenoxy) is 1. The Morgan fingerprint density at radius 2 is 2.09 bits per heavy atom. The van der Waals surface area contributed by atoms with Gasteiger partial charge in [0.05, 0.1) is 0 Å². The van der Waals surface area contributed by atoms with E-state index in [4.69, 9.17) is 9.15 Å². The fourth-order valence-electron chi connectivity index (χ4n) is 3.06. The number of hydrogen-bond donors (Lipinski definition) is 0. The van der Waals surface area contributed by atoms with Gasteiger partial charge in [-0.15, -0.1) is 0 Å². The van der Waals surface area contributed by atoms with E-state index >= 15 is 0 Å². The van der Waals surface area contributed by atoms with Gasteiger partial charge in [0.25, 0.3) is 0 Å². The first-order chi connectivity index (χ1) is 10.6. The third-order valence-corrected chi connectivity index (χ3v) is 4.35. The number of aryl methyl sites for hydroxylation is 2. The molecule has 0 saturated heterocycles. The first kappa shape index (κ1) is 14.8. The minimum Gasteiger partial charge on any atom is -0.482 e. The van der Waals surface area contributed by atoms with Crippen LogP contribution in [-0.2, 0) is 11.2 Å². The maximum atomic E-state index is 11.9. The molecule has 0 spiro atoms. The Labute approximate surface area is 129 Å². The van der Waals surface area contributed by atoms with Crippen LogP contribution in [0.15, 0.2) is 27.4 Å². The highest BCUT2D eigenvalue weighted by atomic mass is 16.5. The van der Waals surface area contributed by atoms with E-state index in [9.17, 15) is 9.59 Å². The summed E-state index contributed by atoms with van der Waals surface area (Å²) in [4.78, 5) is 23.6. The van der Waals surface area contributed by atoms with Crippen LogP contribution in [0.3, 0.4) is 0 Å². The van der Waals surface area contributed by atoms with E-state index in [-0.39, 0.29) is 17.5 Å². The lowest BCUT2D eigenvalue weighted by Gasteiger charge is -2.23. The van der Waals surface area contributed by atoms with Crippen LogP contribution < -0.4 is 10.4 Å². The van der Waals surface area contributed by atoms with E-state index in [1.54, 1.807) is 0 Å². The Kier molecular flexibility index (Phi) is 4.01. The van der Waals surface area contributed by atoms with Crippen LogP contribution in [0.1, 0.15) is 43.7 Å². The van der Waals surface area contributed by atoms with Crippen molar-refractivity contribution in [3.63, 3.8) is 0 Å². The van der Waals surface area contributed by atoms with E-state index < -0.39 is 0 Å². The second-order valence-corrected chi connectivity index (χ2v) is 5.83. The number of rotatable bonds is 3. The summed E-state index contributed by atoms with van der Waals surface area (Å²) in [7, 11) is 0. The van der Waals surface area contributed by atoms with Crippen molar-refractivity contribution in [2.45, 2.75) is 52.1 Å². The number of carbonyl (C=O) groups is 1. The van der Waals surface area contributed by atoms with Crippen LogP contribution in [0.25, 0.3) is 11.0 Å². The van der Waals surface area contributed by atoms with Crippen molar-refractivity contribution >= 4 is 16.8 Å². The average molecular weight is 300 g/mol. The van der Waals surface area contributed by atoms with Crippen molar-refractivity contribution in [1.82, 2.24) is 0 Å². The molecule has 2 aromatic rings. The zero-order chi connectivity index (χ0) is 15.7. The van der Waals surface area contributed by atoms with Crippen molar-refractivity contribution in [3.05, 3.63) is 39.7 Å². The first-order valence-electron chi connectivity index (χ1n) is 7.86. The fourth-order valence-corrected chi connectivity index (χ4v) is 3.06. The zero-order valence-electron chi connectivity index (χ0n) is 13.0. The smallest absolute Gasteiger partial charge is 0.336 e. The van der Waals surface area contributed by atoms with E-state index in [2.05, 4.69) is 0 Å². The molecule has 1 atom stereocenters. The molecule has 1 aromatic carbocycles. The maximum Gasteiger partial charge on any atom is 0.336 e. The molecule has 1 heterocycles. The summed E-state index contributed by atoms with van der Waals surface area (Å²) >= 11 is 0. The van der Waals surface area contributed by atoms with Gasteiger partial charge < -0.3 is 9.15 Å². The molecule has 1 aliphatic carbocycles. The first-order valence-corrected chi connectivity index (χ1v) is 7.86. The Hall–Kier alpha value is -2.10. The third-order valence-electron chi connectivity index (χ3n) is 4.35. The fraction of sp³-hybridized carbons (Fsp3) is 0.444. The van der Waals surface area contributed by atoms with Gasteiger partial charge in [-0.2, -0.15) is 0 Å². The minimum atomic E-state index is -0.369. The Bertz CT molecular complexity index is 772. The molecule has 0 bridgehead atoms. The van der Waals surface area contributed by atoms with Crippen molar-refractivity contribution in [2.24, 2.45) is 0 Å². The summed E-state index contributed by atoms with van der Waals surface area (Å²) in [5.41, 5.74) is 1.96. The predicted octanol–water partition coefficient (Wildman–Crippen LogP) is 3.55. The molecule has 0 aliphatic heterocycles. The third kappa shape index (κ3) is 2.65. The highest BCUT2D eigenvalue weighted by Gasteiger charge is 2.25. The second-order valence-electron chi connectivity index (χ2n) is 5.83. The molecule has 0 amide bonds. The molecule has 1 aliphatic rings. The standard InChI is InChI=1S/C18H20O4/c1-3-12-10-17(20)22-18-11(2)15(9-8-13(12)18)21-16-7-5-4-6-14(16)19/h8-10,16H,3-7H2,1-2H3/t16-/m0/s1. The summed E-state index contributed by atoms with van der Waals surface area (Å²) < 4.78 is 11.3. The molecular formula is C18H20O4. The number of fused-ring (bicyclic) bond motifs is 1. The van der Waals surface area contributed by atoms with Gasteiger partial charge in [-0.05, 0) is 50.3 Å². The summed E-state index contributed by atoms with van der Waals surface area (Å²) in [6.07, 6.45) is 3.71. The quantitative estimate of drug-likeness (QED) is 0.813. The van der Waals surface area contributed by atoms with Gasteiger partial charge in [-0.3, -0.25) is 4.79 Å². The zero-order valence-corrected chi connectivity index (χ0v) is 13.0. The number of ketones is 1. The lowest BCUT2D eigenvalue weighted by molar-refractivity contribution is -0.127. The monoisotopic (exact) mass is 300 g/mol. The molecule has 22 heavy (non-hydrogen) atoms. The Morgan fingerprint density at radius 1 is 1.27 bits per heavy atom. The molecule has 116 valence electrons. The number of hydrogen-bond acceptors (Lipinski definition) is 4. The largest absolute Gasteiger partial charge is 0.482 e. The topological polar surface area (TPSA) is 56.5 Å². The molecule has 1 aromatic heterocycles. The molecule has 4 heteroatoms. The summed E-state index contributed by atoms with van der Waals surface area (Å²) in [5, 5.41) is 0.932. The number of benzene rings is 1. The van der Waals surface area contributed by atoms with Crippen molar-refractivity contribution in [2.75, 3.05) is 0 Å². The Morgan fingerprint density at radius 3 is 2.82 bits per heavy atom. The molecule has 4 nitrogen and oxygen atoms in total. The summed E-state index contributed by atoms with van der Waals surface area (Å²) in [5.74, 6) is 0.790. The Balaban J connectivity index is 2.03. The van der Waals surface area contributed by atoms with Crippen LogP contribution in [-0.4, -0.2) is 11.9 Å². The molecule has 1 fully saturated rings. The van der Waals surface area contributed by atoms with Crippen molar-refractivity contribution < 1.29 is 13.9 Å².